The number of pyridine rings is 1. The lowest BCUT2D eigenvalue weighted by Gasteiger charge is -2.32. The van der Waals surface area contributed by atoms with Gasteiger partial charge in [0.15, 0.2) is 5.13 Å². The van der Waals surface area contributed by atoms with E-state index in [0.29, 0.717) is 12.3 Å². The number of ether oxygens (including phenoxy) is 1. The molecule has 0 saturated carbocycles. The van der Waals surface area contributed by atoms with Crippen molar-refractivity contribution in [3.63, 3.8) is 0 Å². The molecule has 2 aromatic heterocycles. The number of anilines is 2. The number of likely N-dealkylation sites (tertiary alicyclic amines) is 1. The Kier molecular flexibility index (Phi) is 6.08. The summed E-state index contributed by atoms with van der Waals surface area (Å²) in [6.07, 6.45) is 6.24. The number of hydrogen-bond donors (Lipinski definition) is 1. The molecule has 4 heterocycles. The summed E-state index contributed by atoms with van der Waals surface area (Å²) in [4.78, 5) is 23.9. The average molecular weight is 449 g/mol. The number of aromatic nitrogens is 2. The highest BCUT2D eigenvalue weighted by atomic mass is 32.1. The third kappa shape index (κ3) is 4.78. The van der Waals surface area contributed by atoms with Crippen molar-refractivity contribution in [1.29, 1.82) is 0 Å². The lowest BCUT2D eigenvalue weighted by Crippen LogP contribution is -2.38. The smallest absolute Gasteiger partial charge is 0.222 e. The van der Waals surface area contributed by atoms with Gasteiger partial charge in [0.25, 0.3) is 0 Å². The molecule has 1 N–H and O–H groups in total. The maximum absolute atomic E-state index is 12.8. The van der Waals surface area contributed by atoms with Gasteiger partial charge < -0.3 is 15.0 Å². The van der Waals surface area contributed by atoms with Gasteiger partial charge in [-0.05, 0) is 55.5 Å². The van der Waals surface area contributed by atoms with Crippen molar-refractivity contribution in [1.82, 2.24) is 14.9 Å². The van der Waals surface area contributed by atoms with Crippen LogP contribution in [0.15, 0.2) is 48.0 Å². The molecule has 0 bridgehead atoms. The van der Waals surface area contributed by atoms with Crippen molar-refractivity contribution in [2.24, 2.45) is 0 Å². The molecular weight excluding hydrogens is 420 g/mol. The molecule has 1 amide bonds. The number of benzene rings is 1. The Bertz CT molecular complexity index is 1080. The summed E-state index contributed by atoms with van der Waals surface area (Å²) in [5.74, 6) is 2.45. The molecule has 2 aliphatic heterocycles. The molecule has 1 fully saturated rings. The van der Waals surface area contributed by atoms with Gasteiger partial charge in [0.2, 0.25) is 5.91 Å². The molecule has 1 atom stereocenters. The Morgan fingerprint density at radius 1 is 1.25 bits per heavy atom. The molecule has 6 nitrogen and oxygen atoms in total. The lowest BCUT2D eigenvalue weighted by atomic mass is 9.92. The minimum atomic E-state index is 0.251. The van der Waals surface area contributed by atoms with E-state index in [9.17, 15) is 4.79 Å². The Hall–Kier alpha value is -2.93. The van der Waals surface area contributed by atoms with Gasteiger partial charge in [0.05, 0.1) is 0 Å². The van der Waals surface area contributed by atoms with Crippen molar-refractivity contribution in [3.8, 4) is 5.75 Å². The van der Waals surface area contributed by atoms with E-state index in [1.54, 1.807) is 17.5 Å². The first kappa shape index (κ1) is 20.9. The van der Waals surface area contributed by atoms with E-state index in [1.165, 1.54) is 11.1 Å². The second kappa shape index (κ2) is 9.28. The fourth-order valence-electron chi connectivity index (χ4n) is 4.61. The zero-order valence-corrected chi connectivity index (χ0v) is 19.1. The zero-order valence-electron chi connectivity index (χ0n) is 18.3. The van der Waals surface area contributed by atoms with Crippen LogP contribution in [0.2, 0.25) is 0 Å². The van der Waals surface area contributed by atoms with Gasteiger partial charge >= 0.3 is 0 Å². The van der Waals surface area contributed by atoms with Gasteiger partial charge in [-0.1, -0.05) is 18.2 Å². The van der Waals surface area contributed by atoms with Crippen LogP contribution in [0.3, 0.4) is 0 Å². The highest BCUT2D eigenvalue weighted by Crippen LogP contribution is 2.31. The van der Waals surface area contributed by atoms with Crippen LogP contribution in [0.25, 0.3) is 0 Å². The fraction of sp³-hybridized carbons (Fsp3) is 0.400. The molecule has 0 radical (unpaired) electrons. The van der Waals surface area contributed by atoms with E-state index < -0.39 is 0 Å². The van der Waals surface area contributed by atoms with Crippen LogP contribution in [0.5, 0.6) is 5.75 Å². The van der Waals surface area contributed by atoms with Crippen LogP contribution in [0, 0.1) is 0 Å². The highest BCUT2D eigenvalue weighted by Gasteiger charge is 2.25. The van der Waals surface area contributed by atoms with Crippen molar-refractivity contribution in [2.45, 2.75) is 51.0 Å². The number of piperidine rings is 1. The number of nitrogens with one attached hydrogen (secondary N) is 1. The summed E-state index contributed by atoms with van der Waals surface area (Å²) in [5.41, 5.74) is 3.58. The van der Waals surface area contributed by atoms with Crippen LogP contribution < -0.4 is 10.1 Å². The van der Waals surface area contributed by atoms with Gasteiger partial charge in [-0.15, -0.1) is 11.3 Å². The Labute approximate surface area is 192 Å². The van der Waals surface area contributed by atoms with Gasteiger partial charge in [-0.3, -0.25) is 4.79 Å². The number of carbonyl (C=O) groups is 1. The molecule has 3 aromatic rings. The fourth-order valence-corrected chi connectivity index (χ4v) is 5.14. The molecule has 1 saturated heterocycles. The lowest BCUT2D eigenvalue weighted by molar-refractivity contribution is -0.132. The summed E-state index contributed by atoms with van der Waals surface area (Å²) in [6.45, 7) is 3.69. The summed E-state index contributed by atoms with van der Waals surface area (Å²) < 4.78 is 5.78. The monoisotopic (exact) mass is 448 g/mol. The van der Waals surface area contributed by atoms with Crippen molar-refractivity contribution in [2.75, 3.05) is 18.4 Å². The number of thiazole rings is 1. The molecule has 1 unspecified atom stereocenters. The van der Waals surface area contributed by atoms with Gasteiger partial charge in [-0.2, -0.15) is 0 Å². The van der Waals surface area contributed by atoms with E-state index in [2.05, 4.69) is 41.5 Å². The number of nitrogens with zero attached hydrogens (tertiary/aromatic N) is 3. The largest absolute Gasteiger partial charge is 0.490 e. The van der Waals surface area contributed by atoms with E-state index >= 15 is 0 Å². The number of aryl methyl sites for hydroxylation is 1. The standard InChI is InChI=1S/C25H28N4O2S/c1-17-15-20-16-18(5-7-22(20)31-17)6-8-24(30)29-12-9-19(10-13-29)21-3-2-4-23(27-21)28-25-26-11-14-32-25/h2-5,7,11,14,16-17,19H,6,8-10,12-13,15H2,1H3,(H,26,27,28). The number of hydrogen-bond acceptors (Lipinski definition) is 6. The molecule has 0 spiro atoms. The maximum atomic E-state index is 12.8. The predicted octanol–water partition coefficient (Wildman–Crippen LogP) is 4.94. The second-order valence-electron chi connectivity index (χ2n) is 8.64. The van der Waals surface area contributed by atoms with Gasteiger partial charge in [0.1, 0.15) is 17.7 Å². The van der Waals surface area contributed by atoms with Crippen LogP contribution in [-0.4, -0.2) is 40.0 Å². The Morgan fingerprint density at radius 3 is 2.94 bits per heavy atom. The quantitative estimate of drug-likeness (QED) is 0.578. The summed E-state index contributed by atoms with van der Waals surface area (Å²) in [5, 5.41) is 6.05. The third-order valence-electron chi connectivity index (χ3n) is 6.29. The summed E-state index contributed by atoms with van der Waals surface area (Å²) in [6, 6.07) is 12.4. The summed E-state index contributed by atoms with van der Waals surface area (Å²) >= 11 is 1.56. The van der Waals surface area contributed by atoms with Gasteiger partial charge in [0, 0.05) is 49.1 Å². The first-order chi connectivity index (χ1) is 15.6. The number of amides is 1. The number of fused-ring (bicyclic) bond motifs is 1. The van der Waals surface area contributed by atoms with Gasteiger partial charge in [-0.25, -0.2) is 9.97 Å². The van der Waals surface area contributed by atoms with E-state index in [1.807, 2.05) is 22.4 Å². The normalized spacial score (nSPS) is 18.3. The SMILES string of the molecule is CC1Cc2cc(CCC(=O)N3CCC(c4cccc(Nc5nccs5)n4)CC3)ccc2O1. The topological polar surface area (TPSA) is 67.4 Å². The molecule has 7 heteroatoms. The van der Waals surface area contributed by atoms with E-state index in [0.717, 1.165) is 61.2 Å². The molecular formula is C25H28N4O2S. The Morgan fingerprint density at radius 2 is 2.12 bits per heavy atom. The van der Waals surface area contributed by atoms with E-state index in [-0.39, 0.29) is 12.0 Å². The predicted molar refractivity (Wildman–Crippen MR) is 127 cm³/mol. The van der Waals surface area contributed by atoms with Crippen LogP contribution in [0.4, 0.5) is 10.9 Å². The third-order valence-corrected chi connectivity index (χ3v) is 6.98. The van der Waals surface area contributed by atoms with E-state index in [4.69, 9.17) is 9.72 Å². The number of rotatable bonds is 6. The second-order valence-corrected chi connectivity index (χ2v) is 9.53. The van der Waals surface area contributed by atoms with Crippen molar-refractivity contribution < 1.29 is 9.53 Å². The first-order valence-corrected chi connectivity index (χ1v) is 12.2. The average Bonchev–Trinajstić information content (AvgIpc) is 3.46. The highest BCUT2D eigenvalue weighted by molar-refractivity contribution is 7.13. The molecule has 5 rings (SSSR count). The molecule has 1 aromatic carbocycles. The Balaban J connectivity index is 1.12. The molecule has 2 aliphatic rings. The maximum Gasteiger partial charge on any atom is 0.222 e. The minimum absolute atomic E-state index is 0.251. The molecule has 0 aliphatic carbocycles. The van der Waals surface area contributed by atoms with Crippen LogP contribution in [0.1, 0.15) is 48.9 Å². The minimum Gasteiger partial charge on any atom is -0.490 e. The van der Waals surface area contributed by atoms with Crippen LogP contribution >= 0.6 is 11.3 Å². The number of carbonyl (C=O) groups excluding carboxylic acids is 1. The van der Waals surface area contributed by atoms with Crippen molar-refractivity contribution >= 4 is 28.2 Å². The van der Waals surface area contributed by atoms with Crippen LogP contribution in [-0.2, 0) is 17.6 Å². The summed E-state index contributed by atoms with van der Waals surface area (Å²) in [7, 11) is 0. The molecule has 32 heavy (non-hydrogen) atoms. The first-order valence-electron chi connectivity index (χ1n) is 11.3. The van der Waals surface area contributed by atoms with Crippen molar-refractivity contribution in [3.05, 3.63) is 64.8 Å². The zero-order chi connectivity index (χ0) is 21.9. The molecule has 166 valence electrons.